The van der Waals surface area contributed by atoms with E-state index in [9.17, 15) is 9.18 Å². The van der Waals surface area contributed by atoms with E-state index in [4.69, 9.17) is 10.8 Å². The largest absolute Gasteiger partial charge is 0.481 e. The molecule has 0 aliphatic heterocycles. The van der Waals surface area contributed by atoms with Gasteiger partial charge in [-0.15, -0.1) is 0 Å². The maximum atomic E-state index is 13.3. The van der Waals surface area contributed by atoms with Crippen LogP contribution >= 0.6 is 0 Å². The lowest BCUT2D eigenvalue weighted by molar-refractivity contribution is -0.137. The Morgan fingerprint density at radius 3 is 2.69 bits per heavy atom. The standard InChI is InChI=1S/C12H16FNO2/c1-7-3-4-9(13)8(2)12(7)10(14)5-6-11(15)16/h3-4,10H,5-6,14H2,1-2H3,(H,15,16). The van der Waals surface area contributed by atoms with Crippen molar-refractivity contribution in [1.82, 2.24) is 0 Å². The van der Waals surface area contributed by atoms with E-state index in [-0.39, 0.29) is 12.2 Å². The Balaban J connectivity index is 2.94. The third kappa shape index (κ3) is 2.79. The SMILES string of the molecule is Cc1ccc(F)c(C)c1C(N)CCC(=O)O. The molecule has 3 N–H and O–H groups in total. The summed E-state index contributed by atoms with van der Waals surface area (Å²) in [6.07, 6.45) is 0.316. The van der Waals surface area contributed by atoms with Gasteiger partial charge in [0.1, 0.15) is 5.82 Å². The summed E-state index contributed by atoms with van der Waals surface area (Å²) < 4.78 is 13.3. The molecular formula is C12H16FNO2. The summed E-state index contributed by atoms with van der Waals surface area (Å²) >= 11 is 0. The molecule has 1 rings (SSSR count). The highest BCUT2D eigenvalue weighted by Gasteiger charge is 2.15. The fraction of sp³-hybridized carbons (Fsp3) is 0.417. The first kappa shape index (κ1) is 12.6. The number of aliphatic carboxylic acids is 1. The molecule has 0 saturated heterocycles. The zero-order valence-corrected chi connectivity index (χ0v) is 9.46. The molecule has 88 valence electrons. The van der Waals surface area contributed by atoms with Gasteiger partial charge in [0.2, 0.25) is 0 Å². The third-order valence-electron chi connectivity index (χ3n) is 2.71. The second-order valence-corrected chi connectivity index (χ2v) is 3.94. The van der Waals surface area contributed by atoms with E-state index in [0.717, 1.165) is 11.1 Å². The maximum absolute atomic E-state index is 13.3. The fourth-order valence-corrected chi connectivity index (χ4v) is 1.83. The lowest BCUT2D eigenvalue weighted by atomic mass is 9.93. The normalized spacial score (nSPS) is 12.5. The summed E-state index contributed by atoms with van der Waals surface area (Å²) in [5.74, 6) is -1.19. The van der Waals surface area contributed by atoms with Crippen LogP contribution < -0.4 is 5.73 Å². The van der Waals surface area contributed by atoms with Crippen molar-refractivity contribution in [1.29, 1.82) is 0 Å². The van der Waals surface area contributed by atoms with Gasteiger partial charge in [-0.3, -0.25) is 4.79 Å². The molecule has 0 aromatic heterocycles. The van der Waals surface area contributed by atoms with Crippen LogP contribution in [0.25, 0.3) is 0 Å². The van der Waals surface area contributed by atoms with E-state index in [1.807, 2.05) is 6.92 Å². The molecule has 16 heavy (non-hydrogen) atoms. The summed E-state index contributed by atoms with van der Waals surface area (Å²) in [6.45, 7) is 3.51. The fourth-order valence-electron chi connectivity index (χ4n) is 1.83. The summed E-state index contributed by atoms with van der Waals surface area (Å²) in [4.78, 5) is 10.4. The van der Waals surface area contributed by atoms with E-state index in [1.54, 1.807) is 13.0 Å². The van der Waals surface area contributed by atoms with Crippen molar-refractivity contribution >= 4 is 5.97 Å². The van der Waals surface area contributed by atoms with Crippen LogP contribution in [0.2, 0.25) is 0 Å². The maximum Gasteiger partial charge on any atom is 0.303 e. The van der Waals surface area contributed by atoms with Crippen molar-refractivity contribution < 1.29 is 14.3 Å². The quantitative estimate of drug-likeness (QED) is 0.826. The van der Waals surface area contributed by atoms with E-state index in [0.29, 0.717) is 12.0 Å². The molecule has 1 atom stereocenters. The Morgan fingerprint density at radius 2 is 2.12 bits per heavy atom. The minimum absolute atomic E-state index is 0.00341. The Labute approximate surface area is 94.1 Å². The second kappa shape index (κ2) is 5.07. The van der Waals surface area contributed by atoms with Crippen molar-refractivity contribution in [3.8, 4) is 0 Å². The van der Waals surface area contributed by atoms with Crippen molar-refractivity contribution in [2.75, 3.05) is 0 Å². The molecule has 3 nitrogen and oxygen atoms in total. The lowest BCUT2D eigenvalue weighted by Gasteiger charge is -2.17. The van der Waals surface area contributed by atoms with Gasteiger partial charge < -0.3 is 10.8 Å². The van der Waals surface area contributed by atoms with E-state index < -0.39 is 12.0 Å². The van der Waals surface area contributed by atoms with Crippen LogP contribution in [0.4, 0.5) is 4.39 Å². The molecule has 0 aliphatic carbocycles. The number of halogens is 1. The van der Waals surface area contributed by atoms with Gasteiger partial charge in [-0.25, -0.2) is 4.39 Å². The molecule has 0 amide bonds. The van der Waals surface area contributed by atoms with Crippen LogP contribution in [0.3, 0.4) is 0 Å². The van der Waals surface area contributed by atoms with Gasteiger partial charge in [0, 0.05) is 12.5 Å². The Hall–Kier alpha value is -1.42. The molecule has 1 aromatic carbocycles. The van der Waals surface area contributed by atoms with Crippen molar-refractivity contribution in [2.45, 2.75) is 32.7 Å². The topological polar surface area (TPSA) is 63.3 Å². The number of benzene rings is 1. The molecule has 1 aromatic rings. The van der Waals surface area contributed by atoms with Crippen LogP contribution in [0.5, 0.6) is 0 Å². The average Bonchev–Trinajstić information content (AvgIpc) is 2.21. The number of hydrogen-bond donors (Lipinski definition) is 2. The first-order valence-electron chi connectivity index (χ1n) is 5.16. The highest BCUT2D eigenvalue weighted by molar-refractivity contribution is 5.66. The predicted octanol–water partition coefficient (Wildman–Crippen LogP) is 2.31. The van der Waals surface area contributed by atoms with E-state index in [2.05, 4.69) is 0 Å². The highest BCUT2D eigenvalue weighted by atomic mass is 19.1. The van der Waals surface area contributed by atoms with Gasteiger partial charge in [-0.2, -0.15) is 0 Å². The van der Waals surface area contributed by atoms with Crippen molar-refractivity contribution in [3.05, 3.63) is 34.6 Å². The Morgan fingerprint density at radius 1 is 1.50 bits per heavy atom. The van der Waals surface area contributed by atoms with Crippen LogP contribution in [-0.2, 0) is 4.79 Å². The average molecular weight is 225 g/mol. The summed E-state index contributed by atoms with van der Waals surface area (Å²) in [5, 5.41) is 8.57. The minimum Gasteiger partial charge on any atom is -0.481 e. The zero-order valence-electron chi connectivity index (χ0n) is 9.46. The minimum atomic E-state index is -0.887. The van der Waals surface area contributed by atoms with Crippen molar-refractivity contribution in [2.24, 2.45) is 5.73 Å². The number of hydrogen-bond acceptors (Lipinski definition) is 2. The molecular weight excluding hydrogens is 209 g/mol. The summed E-state index contributed by atoms with van der Waals surface area (Å²) in [6, 6.07) is 2.64. The smallest absolute Gasteiger partial charge is 0.303 e. The third-order valence-corrected chi connectivity index (χ3v) is 2.71. The molecule has 0 fully saturated rings. The monoisotopic (exact) mass is 225 g/mol. The van der Waals surface area contributed by atoms with Gasteiger partial charge >= 0.3 is 5.97 Å². The van der Waals surface area contributed by atoms with Gasteiger partial charge in [0.05, 0.1) is 0 Å². The first-order chi connectivity index (χ1) is 7.43. The number of carboxylic acid groups (broad SMARTS) is 1. The summed E-state index contributed by atoms with van der Waals surface area (Å²) in [7, 11) is 0. The Kier molecular flexibility index (Phi) is 4.01. The lowest BCUT2D eigenvalue weighted by Crippen LogP contribution is -2.15. The number of carboxylic acids is 1. The van der Waals surface area contributed by atoms with Crippen molar-refractivity contribution in [3.63, 3.8) is 0 Å². The highest BCUT2D eigenvalue weighted by Crippen LogP contribution is 2.25. The molecule has 0 saturated carbocycles. The molecule has 0 spiro atoms. The molecule has 0 bridgehead atoms. The first-order valence-corrected chi connectivity index (χ1v) is 5.16. The zero-order chi connectivity index (χ0) is 12.3. The number of carbonyl (C=O) groups is 1. The van der Waals surface area contributed by atoms with Gasteiger partial charge in [-0.1, -0.05) is 6.07 Å². The van der Waals surface area contributed by atoms with Crippen LogP contribution in [-0.4, -0.2) is 11.1 Å². The van der Waals surface area contributed by atoms with Crippen LogP contribution in [0.1, 0.15) is 35.6 Å². The molecule has 0 radical (unpaired) electrons. The second-order valence-electron chi connectivity index (χ2n) is 3.94. The molecule has 0 aliphatic rings. The number of rotatable bonds is 4. The predicted molar refractivity (Wildman–Crippen MR) is 59.7 cm³/mol. The molecule has 0 heterocycles. The van der Waals surface area contributed by atoms with Gasteiger partial charge in [0.15, 0.2) is 0 Å². The summed E-state index contributed by atoms with van der Waals surface area (Å²) in [5.41, 5.74) is 8.02. The Bertz CT molecular complexity index is 404. The molecule has 4 heteroatoms. The number of nitrogens with two attached hydrogens (primary N) is 1. The van der Waals surface area contributed by atoms with Gasteiger partial charge in [-0.05, 0) is 43.0 Å². The van der Waals surface area contributed by atoms with E-state index >= 15 is 0 Å². The van der Waals surface area contributed by atoms with E-state index in [1.165, 1.54) is 6.07 Å². The number of aryl methyl sites for hydroxylation is 1. The van der Waals surface area contributed by atoms with Crippen LogP contribution in [0.15, 0.2) is 12.1 Å². The molecule has 1 unspecified atom stereocenters. The van der Waals surface area contributed by atoms with Gasteiger partial charge in [0.25, 0.3) is 0 Å². The van der Waals surface area contributed by atoms with Crippen LogP contribution in [0, 0.1) is 19.7 Å².